The molecule has 0 aliphatic rings. The van der Waals surface area contributed by atoms with Crippen LogP contribution in [0.3, 0.4) is 0 Å². The lowest BCUT2D eigenvalue weighted by Crippen LogP contribution is -2.43. The number of halogens is 1. The van der Waals surface area contributed by atoms with Crippen LogP contribution in [0.5, 0.6) is 5.75 Å². The molecule has 3 aromatic rings. The minimum absolute atomic E-state index is 0.0166. The van der Waals surface area contributed by atoms with Crippen molar-refractivity contribution in [3.05, 3.63) is 100 Å². The van der Waals surface area contributed by atoms with E-state index in [0.717, 1.165) is 16.7 Å². The number of carbonyl (C=O) groups is 2. The van der Waals surface area contributed by atoms with Gasteiger partial charge in [-0.05, 0) is 47.2 Å². The molecule has 0 saturated carbocycles. The van der Waals surface area contributed by atoms with Crippen LogP contribution in [-0.2, 0) is 45.6 Å². The number of carboxylic acids is 1. The minimum atomic E-state index is -3.68. The Balaban J connectivity index is 1.53. The van der Waals surface area contributed by atoms with Gasteiger partial charge in [-0.3, -0.25) is 9.59 Å². The number of benzene rings is 3. The van der Waals surface area contributed by atoms with Crippen molar-refractivity contribution >= 4 is 33.5 Å². The van der Waals surface area contributed by atoms with Gasteiger partial charge >= 0.3 is 5.97 Å². The Hall–Kier alpha value is -3.40. The summed E-state index contributed by atoms with van der Waals surface area (Å²) in [6.45, 7) is 2.33. The molecule has 0 aromatic heterocycles. The molecule has 38 heavy (non-hydrogen) atoms. The van der Waals surface area contributed by atoms with Crippen molar-refractivity contribution in [2.45, 2.75) is 45.4 Å². The van der Waals surface area contributed by atoms with Crippen LogP contribution in [0.4, 0.5) is 0 Å². The first kappa shape index (κ1) is 29.2. The summed E-state index contributed by atoms with van der Waals surface area (Å²) in [5.74, 6) is -1.07. The van der Waals surface area contributed by atoms with E-state index in [9.17, 15) is 23.1 Å². The first-order chi connectivity index (χ1) is 18.1. The summed E-state index contributed by atoms with van der Waals surface area (Å²) >= 11 is 6.35. The van der Waals surface area contributed by atoms with Gasteiger partial charge in [-0.1, -0.05) is 79.2 Å². The molecule has 1 unspecified atom stereocenters. The normalized spacial score (nSPS) is 12.1. The van der Waals surface area contributed by atoms with Gasteiger partial charge in [0.2, 0.25) is 15.9 Å². The van der Waals surface area contributed by atoms with E-state index in [4.69, 9.17) is 16.3 Å². The van der Waals surface area contributed by atoms with Gasteiger partial charge in [0.15, 0.2) is 0 Å². The third-order valence-electron chi connectivity index (χ3n) is 5.61. The van der Waals surface area contributed by atoms with E-state index in [2.05, 4.69) is 10.0 Å². The number of sulfonamides is 1. The average molecular weight is 559 g/mol. The third kappa shape index (κ3) is 9.48. The average Bonchev–Trinajstić information content (AvgIpc) is 2.87. The summed E-state index contributed by atoms with van der Waals surface area (Å²) < 4.78 is 32.1. The van der Waals surface area contributed by atoms with E-state index in [-0.39, 0.29) is 31.0 Å². The van der Waals surface area contributed by atoms with Crippen LogP contribution < -0.4 is 14.8 Å². The van der Waals surface area contributed by atoms with Crippen LogP contribution in [-0.4, -0.2) is 37.2 Å². The van der Waals surface area contributed by atoms with Crippen LogP contribution in [0.1, 0.15) is 35.6 Å². The molecule has 0 saturated heterocycles. The summed E-state index contributed by atoms with van der Waals surface area (Å²) in [4.78, 5) is 24.1. The highest BCUT2D eigenvalue weighted by molar-refractivity contribution is 7.89. The van der Waals surface area contributed by atoms with Crippen molar-refractivity contribution in [1.29, 1.82) is 0 Å². The van der Waals surface area contributed by atoms with Gasteiger partial charge in [-0.2, -0.15) is 0 Å². The summed E-state index contributed by atoms with van der Waals surface area (Å²) in [5.41, 5.74) is 3.16. The predicted octanol–water partition coefficient (Wildman–Crippen LogP) is 4.10. The Morgan fingerprint density at radius 1 is 0.947 bits per heavy atom. The fourth-order valence-electron chi connectivity index (χ4n) is 3.78. The molecule has 0 bridgehead atoms. The first-order valence-electron chi connectivity index (χ1n) is 12.2. The van der Waals surface area contributed by atoms with E-state index in [1.807, 2.05) is 30.3 Å². The van der Waals surface area contributed by atoms with Gasteiger partial charge in [0.1, 0.15) is 18.4 Å². The smallest absolute Gasteiger partial charge is 0.322 e. The predicted molar refractivity (Wildman–Crippen MR) is 147 cm³/mol. The van der Waals surface area contributed by atoms with Crippen LogP contribution >= 0.6 is 11.6 Å². The largest absolute Gasteiger partial charge is 0.487 e. The zero-order valence-corrected chi connectivity index (χ0v) is 22.6. The number of ether oxygens (including phenoxy) is 1. The molecule has 1 atom stereocenters. The SMILES string of the molecule is CCCS(=O)(=O)NC(Cc1cccc(CNC(=O)Cc2ccc(OCc3ccccc3)c(Cl)c2)c1)C(=O)O. The van der Waals surface area contributed by atoms with Gasteiger partial charge in [0, 0.05) is 6.54 Å². The Kier molecular flexibility index (Phi) is 10.7. The number of hydrogen-bond donors (Lipinski definition) is 3. The highest BCUT2D eigenvalue weighted by Crippen LogP contribution is 2.26. The lowest BCUT2D eigenvalue weighted by Gasteiger charge is -2.15. The fraction of sp³-hybridized carbons (Fsp3) is 0.286. The molecule has 0 fully saturated rings. The molecule has 10 heteroatoms. The van der Waals surface area contributed by atoms with E-state index < -0.39 is 22.0 Å². The van der Waals surface area contributed by atoms with Crippen molar-refractivity contribution in [3.8, 4) is 5.75 Å². The molecular weight excluding hydrogens is 528 g/mol. The second-order valence-corrected chi connectivity index (χ2v) is 11.1. The quantitative estimate of drug-likeness (QED) is 0.274. The summed E-state index contributed by atoms with van der Waals surface area (Å²) in [6.07, 6.45) is 0.491. The number of nitrogens with one attached hydrogen (secondary N) is 2. The maximum Gasteiger partial charge on any atom is 0.322 e. The van der Waals surface area contributed by atoms with E-state index in [0.29, 0.717) is 29.4 Å². The lowest BCUT2D eigenvalue weighted by atomic mass is 10.0. The molecule has 202 valence electrons. The van der Waals surface area contributed by atoms with E-state index in [1.165, 1.54) is 0 Å². The Labute approximate surface area is 228 Å². The summed E-state index contributed by atoms with van der Waals surface area (Å²) in [6, 6.07) is 20.7. The van der Waals surface area contributed by atoms with Crippen LogP contribution in [0.25, 0.3) is 0 Å². The second kappa shape index (κ2) is 13.9. The third-order valence-corrected chi connectivity index (χ3v) is 7.50. The lowest BCUT2D eigenvalue weighted by molar-refractivity contribution is -0.138. The minimum Gasteiger partial charge on any atom is -0.487 e. The highest BCUT2D eigenvalue weighted by atomic mass is 35.5. The summed E-state index contributed by atoms with van der Waals surface area (Å²) in [7, 11) is -3.68. The van der Waals surface area contributed by atoms with Crippen LogP contribution in [0.2, 0.25) is 5.02 Å². The molecule has 0 heterocycles. The molecule has 3 rings (SSSR count). The van der Waals surface area contributed by atoms with Crippen LogP contribution in [0, 0.1) is 0 Å². The maximum absolute atomic E-state index is 12.5. The number of hydrogen-bond acceptors (Lipinski definition) is 5. The van der Waals surface area contributed by atoms with Gasteiger partial charge in [-0.25, -0.2) is 13.1 Å². The van der Waals surface area contributed by atoms with Crippen LogP contribution in [0.15, 0.2) is 72.8 Å². The molecule has 0 aliphatic heterocycles. The topological polar surface area (TPSA) is 122 Å². The van der Waals surface area contributed by atoms with Crippen molar-refractivity contribution in [1.82, 2.24) is 10.0 Å². The van der Waals surface area contributed by atoms with Crippen molar-refractivity contribution < 1.29 is 27.9 Å². The molecule has 8 nitrogen and oxygen atoms in total. The van der Waals surface area contributed by atoms with E-state index in [1.54, 1.807) is 49.4 Å². The molecule has 0 radical (unpaired) electrons. The number of carboxylic acid groups (broad SMARTS) is 1. The molecule has 1 amide bonds. The fourth-order valence-corrected chi connectivity index (χ4v) is 5.31. The van der Waals surface area contributed by atoms with Crippen molar-refractivity contribution in [2.24, 2.45) is 0 Å². The zero-order chi connectivity index (χ0) is 27.5. The van der Waals surface area contributed by atoms with Gasteiger partial charge in [-0.15, -0.1) is 0 Å². The first-order valence-corrected chi connectivity index (χ1v) is 14.2. The van der Waals surface area contributed by atoms with Gasteiger partial charge in [0.05, 0.1) is 17.2 Å². The Bertz CT molecular complexity index is 1350. The number of carbonyl (C=O) groups excluding carboxylic acids is 1. The van der Waals surface area contributed by atoms with Gasteiger partial charge < -0.3 is 15.2 Å². The summed E-state index contributed by atoms with van der Waals surface area (Å²) in [5, 5.41) is 12.7. The number of aliphatic carboxylic acids is 1. The molecule has 0 aliphatic carbocycles. The Morgan fingerprint density at radius 3 is 2.34 bits per heavy atom. The van der Waals surface area contributed by atoms with Crippen molar-refractivity contribution in [3.63, 3.8) is 0 Å². The maximum atomic E-state index is 12.5. The standard InChI is InChI=1S/C28H31ClN2O6S/c1-2-13-38(35,36)31-25(28(33)34)16-21-9-6-10-23(14-21)18-30-27(32)17-22-11-12-26(24(29)15-22)37-19-20-7-4-3-5-8-20/h3-12,14-15,25,31H,2,13,16-19H2,1H3,(H,30,32)(H,33,34). The second-order valence-electron chi connectivity index (χ2n) is 8.84. The Morgan fingerprint density at radius 2 is 1.66 bits per heavy atom. The monoisotopic (exact) mass is 558 g/mol. The zero-order valence-electron chi connectivity index (χ0n) is 21.0. The van der Waals surface area contributed by atoms with E-state index >= 15 is 0 Å². The molecule has 3 aromatic carbocycles. The highest BCUT2D eigenvalue weighted by Gasteiger charge is 2.24. The molecule has 3 N–H and O–H groups in total. The molecular formula is C28H31ClN2O6S. The number of amides is 1. The van der Waals surface area contributed by atoms with Gasteiger partial charge in [0.25, 0.3) is 0 Å². The number of rotatable bonds is 14. The molecule has 0 spiro atoms. The van der Waals surface area contributed by atoms with Crippen molar-refractivity contribution in [2.75, 3.05) is 5.75 Å².